The number of benzene rings is 1. The van der Waals surface area contributed by atoms with Crippen LogP contribution in [0.4, 0.5) is 0 Å². The van der Waals surface area contributed by atoms with E-state index in [0.717, 1.165) is 10.0 Å². The molecule has 2 aromatic rings. The molecule has 0 unspecified atom stereocenters. The molecule has 1 aromatic carbocycles. The zero-order valence-corrected chi connectivity index (χ0v) is 11.7. The first-order valence-electron chi connectivity index (χ1n) is 5.46. The molecule has 0 saturated carbocycles. The number of rotatable bonds is 3. The summed E-state index contributed by atoms with van der Waals surface area (Å²) >= 11 is 3.41. The normalized spacial score (nSPS) is 10.4. The summed E-state index contributed by atoms with van der Waals surface area (Å²) in [6.07, 6.45) is 1.60. The first-order chi connectivity index (χ1) is 8.58. The summed E-state index contributed by atoms with van der Waals surface area (Å²) in [4.78, 5) is 16.0. The minimum atomic E-state index is -0.141. The Morgan fingerprint density at radius 3 is 2.94 bits per heavy atom. The smallest absolute Gasteiger partial charge is 0.252 e. The van der Waals surface area contributed by atoms with Crippen LogP contribution < -0.4 is 5.32 Å². The minimum absolute atomic E-state index is 0.141. The highest BCUT2D eigenvalue weighted by atomic mass is 79.9. The Kier molecular flexibility index (Phi) is 3.76. The van der Waals surface area contributed by atoms with Crippen LogP contribution in [0.3, 0.4) is 0 Å². The fraction of sp³-hybridized carbons (Fsp3) is 0.250. The van der Waals surface area contributed by atoms with Gasteiger partial charge < -0.3 is 5.32 Å². The summed E-state index contributed by atoms with van der Waals surface area (Å²) in [6, 6.07) is 5.58. The number of carbonyl (C=O) groups is 1. The summed E-state index contributed by atoms with van der Waals surface area (Å²) < 4.78 is 2.42. The molecule has 0 atom stereocenters. The molecule has 0 aliphatic rings. The van der Waals surface area contributed by atoms with Crippen molar-refractivity contribution < 1.29 is 4.79 Å². The highest BCUT2D eigenvalue weighted by Crippen LogP contribution is 2.20. The van der Waals surface area contributed by atoms with Gasteiger partial charge in [-0.2, -0.15) is 5.10 Å². The summed E-state index contributed by atoms with van der Waals surface area (Å²) in [6.45, 7) is 2.27. The van der Waals surface area contributed by atoms with Crippen LogP contribution >= 0.6 is 15.9 Å². The maximum Gasteiger partial charge on any atom is 0.252 e. The zero-order chi connectivity index (χ0) is 13.1. The molecule has 0 bridgehead atoms. The van der Waals surface area contributed by atoms with Gasteiger partial charge in [0.15, 0.2) is 5.82 Å². The molecule has 0 radical (unpaired) electrons. The summed E-state index contributed by atoms with van der Waals surface area (Å²) in [5.41, 5.74) is 1.64. The molecule has 0 fully saturated rings. The van der Waals surface area contributed by atoms with Crippen molar-refractivity contribution >= 4 is 21.8 Å². The van der Waals surface area contributed by atoms with Crippen LogP contribution in [0, 0.1) is 6.92 Å². The van der Waals surface area contributed by atoms with Crippen LogP contribution in [0.15, 0.2) is 29.0 Å². The van der Waals surface area contributed by atoms with Crippen molar-refractivity contribution in [3.8, 4) is 0 Å². The lowest BCUT2D eigenvalue weighted by Crippen LogP contribution is -2.24. The Morgan fingerprint density at radius 1 is 1.50 bits per heavy atom. The summed E-state index contributed by atoms with van der Waals surface area (Å²) in [7, 11) is 1.79. The number of carbonyl (C=O) groups excluding carboxylic acids is 1. The molecule has 94 valence electrons. The van der Waals surface area contributed by atoms with E-state index >= 15 is 0 Å². The van der Waals surface area contributed by atoms with Gasteiger partial charge in [0.05, 0.1) is 12.1 Å². The van der Waals surface area contributed by atoms with Gasteiger partial charge in [-0.05, 0) is 34.5 Å². The third kappa shape index (κ3) is 2.76. The molecule has 0 saturated heterocycles. The number of amides is 1. The zero-order valence-electron chi connectivity index (χ0n) is 10.1. The Morgan fingerprint density at radius 2 is 2.28 bits per heavy atom. The van der Waals surface area contributed by atoms with Crippen LogP contribution in [0.25, 0.3) is 0 Å². The molecule has 1 amide bonds. The van der Waals surface area contributed by atoms with Gasteiger partial charge in [-0.25, -0.2) is 4.98 Å². The number of hydrogen-bond donors (Lipinski definition) is 1. The Labute approximate surface area is 113 Å². The van der Waals surface area contributed by atoms with E-state index in [1.165, 1.54) is 0 Å². The lowest BCUT2D eigenvalue weighted by Gasteiger charge is -2.06. The minimum Gasteiger partial charge on any atom is -0.345 e. The average Bonchev–Trinajstić information content (AvgIpc) is 2.76. The predicted octanol–water partition coefficient (Wildman–Crippen LogP) is 1.82. The lowest BCUT2D eigenvalue weighted by atomic mass is 10.1. The van der Waals surface area contributed by atoms with Gasteiger partial charge in [-0.15, -0.1) is 0 Å². The largest absolute Gasteiger partial charge is 0.345 e. The van der Waals surface area contributed by atoms with Crippen molar-refractivity contribution in [2.24, 2.45) is 7.05 Å². The van der Waals surface area contributed by atoms with Crippen LogP contribution in [-0.4, -0.2) is 20.7 Å². The van der Waals surface area contributed by atoms with Crippen LogP contribution in [0.5, 0.6) is 0 Å². The molecule has 5 nitrogen and oxygen atoms in total. The Balaban J connectivity index is 2.06. The molecule has 0 spiro atoms. The Hall–Kier alpha value is -1.69. The quantitative estimate of drug-likeness (QED) is 0.941. The van der Waals surface area contributed by atoms with Gasteiger partial charge in [0.1, 0.15) is 6.33 Å². The van der Waals surface area contributed by atoms with E-state index in [4.69, 9.17) is 0 Å². The highest BCUT2D eigenvalue weighted by Gasteiger charge is 2.11. The molecular weight excluding hydrogens is 296 g/mol. The molecule has 1 aromatic heterocycles. The number of nitrogens with zero attached hydrogens (tertiary/aromatic N) is 3. The van der Waals surface area contributed by atoms with Crippen molar-refractivity contribution in [1.29, 1.82) is 0 Å². The van der Waals surface area contributed by atoms with Crippen molar-refractivity contribution in [1.82, 2.24) is 20.1 Å². The van der Waals surface area contributed by atoms with Crippen LogP contribution in [-0.2, 0) is 13.6 Å². The van der Waals surface area contributed by atoms with E-state index in [-0.39, 0.29) is 5.91 Å². The molecule has 18 heavy (non-hydrogen) atoms. The first-order valence-corrected chi connectivity index (χ1v) is 6.25. The first kappa shape index (κ1) is 12.8. The average molecular weight is 309 g/mol. The topological polar surface area (TPSA) is 59.8 Å². The molecule has 6 heteroatoms. The van der Waals surface area contributed by atoms with Gasteiger partial charge in [0.2, 0.25) is 0 Å². The number of hydrogen-bond acceptors (Lipinski definition) is 3. The predicted molar refractivity (Wildman–Crippen MR) is 71.1 cm³/mol. The fourth-order valence-corrected chi connectivity index (χ4v) is 1.99. The second-order valence-electron chi connectivity index (χ2n) is 3.95. The van der Waals surface area contributed by atoms with Crippen molar-refractivity contribution in [2.45, 2.75) is 13.5 Å². The molecule has 1 heterocycles. The van der Waals surface area contributed by atoms with E-state index in [1.807, 2.05) is 19.1 Å². The van der Waals surface area contributed by atoms with E-state index < -0.39 is 0 Å². The van der Waals surface area contributed by atoms with Gasteiger partial charge in [-0.3, -0.25) is 9.48 Å². The molecule has 1 N–H and O–H groups in total. The second-order valence-corrected chi connectivity index (χ2v) is 4.75. The standard InChI is InChI=1S/C12H13BrN4O/c1-8-4-3-5-9(11(8)13)12(18)14-6-10-15-7-17(2)16-10/h3-5,7H,6H2,1-2H3,(H,14,18). The highest BCUT2D eigenvalue weighted by molar-refractivity contribution is 9.10. The van der Waals surface area contributed by atoms with Gasteiger partial charge >= 0.3 is 0 Å². The monoisotopic (exact) mass is 308 g/mol. The SMILES string of the molecule is Cc1cccc(C(=O)NCc2ncn(C)n2)c1Br. The van der Waals surface area contributed by atoms with Gasteiger partial charge in [-0.1, -0.05) is 12.1 Å². The van der Waals surface area contributed by atoms with Crippen LogP contribution in [0.2, 0.25) is 0 Å². The molecule has 0 aliphatic heterocycles. The molecular formula is C12H13BrN4O. The maximum atomic E-state index is 12.0. The molecule has 0 aliphatic carbocycles. The van der Waals surface area contributed by atoms with E-state index in [9.17, 15) is 4.79 Å². The summed E-state index contributed by atoms with van der Waals surface area (Å²) in [5, 5.41) is 6.88. The van der Waals surface area contributed by atoms with Gasteiger partial charge in [0.25, 0.3) is 5.91 Å². The maximum absolute atomic E-state index is 12.0. The number of aromatic nitrogens is 3. The van der Waals surface area contributed by atoms with E-state index in [0.29, 0.717) is 17.9 Å². The number of halogens is 1. The van der Waals surface area contributed by atoms with Gasteiger partial charge in [0, 0.05) is 11.5 Å². The third-order valence-corrected chi connectivity index (χ3v) is 3.54. The lowest BCUT2D eigenvalue weighted by molar-refractivity contribution is 0.0949. The number of aryl methyl sites for hydroxylation is 2. The van der Waals surface area contributed by atoms with E-state index in [2.05, 4.69) is 31.3 Å². The number of nitrogens with one attached hydrogen (secondary N) is 1. The van der Waals surface area contributed by atoms with Crippen molar-refractivity contribution in [3.63, 3.8) is 0 Å². The fourth-order valence-electron chi connectivity index (χ4n) is 1.54. The summed E-state index contributed by atoms with van der Waals surface area (Å²) in [5.74, 6) is 0.452. The molecule has 2 rings (SSSR count). The van der Waals surface area contributed by atoms with Crippen LogP contribution in [0.1, 0.15) is 21.7 Å². The Bertz CT molecular complexity index is 579. The van der Waals surface area contributed by atoms with E-state index in [1.54, 1.807) is 24.1 Å². The third-order valence-electron chi connectivity index (χ3n) is 2.49. The van der Waals surface area contributed by atoms with Crippen molar-refractivity contribution in [3.05, 3.63) is 46.0 Å². The van der Waals surface area contributed by atoms with Crippen molar-refractivity contribution in [2.75, 3.05) is 0 Å². The second kappa shape index (κ2) is 5.30.